The average molecular weight is 280 g/mol. The molecule has 3 rings (SSSR count). The van der Waals surface area contributed by atoms with E-state index < -0.39 is 5.97 Å². The molecule has 0 saturated carbocycles. The SMILES string of the molecule is O=C(O)Cc1ccccc1-c1ccc2c(c1)C(=O)CCC2. The van der Waals surface area contributed by atoms with Gasteiger partial charge in [0.2, 0.25) is 0 Å². The predicted octanol–water partition coefficient (Wildman–Crippen LogP) is 3.50. The van der Waals surface area contributed by atoms with Crippen LogP contribution in [0, 0.1) is 0 Å². The van der Waals surface area contributed by atoms with Crippen LogP contribution < -0.4 is 0 Å². The van der Waals surface area contributed by atoms with Crippen LogP contribution in [0.2, 0.25) is 0 Å². The Bertz CT molecular complexity index is 716. The van der Waals surface area contributed by atoms with Gasteiger partial charge < -0.3 is 5.11 Å². The highest BCUT2D eigenvalue weighted by Crippen LogP contribution is 2.29. The minimum atomic E-state index is -0.850. The summed E-state index contributed by atoms with van der Waals surface area (Å²) in [7, 11) is 0. The highest BCUT2D eigenvalue weighted by molar-refractivity contribution is 5.99. The summed E-state index contributed by atoms with van der Waals surface area (Å²) in [5.74, 6) is -0.662. The quantitative estimate of drug-likeness (QED) is 0.936. The monoisotopic (exact) mass is 280 g/mol. The number of hydrogen-bond acceptors (Lipinski definition) is 2. The molecule has 106 valence electrons. The number of benzene rings is 2. The summed E-state index contributed by atoms with van der Waals surface area (Å²) in [6.07, 6.45) is 2.45. The first kappa shape index (κ1) is 13.6. The van der Waals surface area contributed by atoms with Gasteiger partial charge >= 0.3 is 5.97 Å². The molecule has 2 aromatic rings. The molecule has 0 fully saturated rings. The van der Waals surface area contributed by atoms with Crippen molar-refractivity contribution in [1.82, 2.24) is 0 Å². The Morgan fingerprint density at radius 1 is 1.05 bits per heavy atom. The molecule has 0 amide bonds. The normalized spacial score (nSPS) is 13.8. The molecule has 0 radical (unpaired) electrons. The van der Waals surface area contributed by atoms with E-state index in [1.165, 1.54) is 0 Å². The number of fused-ring (bicyclic) bond motifs is 1. The highest BCUT2D eigenvalue weighted by atomic mass is 16.4. The fourth-order valence-corrected chi connectivity index (χ4v) is 2.91. The maximum atomic E-state index is 12.0. The van der Waals surface area contributed by atoms with E-state index in [2.05, 4.69) is 0 Å². The van der Waals surface area contributed by atoms with Crippen LogP contribution in [0.5, 0.6) is 0 Å². The van der Waals surface area contributed by atoms with E-state index in [4.69, 9.17) is 5.11 Å². The van der Waals surface area contributed by atoms with Crippen LogP contribution in [0.4, 0.5) is 0 Å². The van der Waals surface area contributed by atoms with Gasteiger partial charge in [0.25, 0.3) is 0 Å². The lowest BCUT2D eigenvalue weighted by Crippen LogP contribution is -2.10. The van der Waals surface area contributed by atoms with Crippen molar-refractivity contribution in [1.29, 1.82) is 0 Å². The summed E-state index contributed by atoms with van der Waals surface area (Å²) in [6, 6.07) is 13.4. The Morgan fingerprint density at radius 3 is 2.67 bits per heavy atom. The zero-order valence-corrected chi connectivity index (χ0v) is 11.6. The fourth-order valence-electron chi connectivity index (χ4n) is 2.91. The summed E-state index contributed by atoms with van der Waals surface area (Å²) in [4.78, 5) is 23.0. The van der Waals surface area contributed by atoms with E-state index in [9.17, 15) is 9.59 Å². The van der Waals surface area contributed by atoms with Crippen molar-refractivity contribution in [3.63, 3.8) is 0 Å². The smallest absolute Gasteiger partial charge is 0.307 e. The van der Waals surface area contributed by atoms with Gasteiger partial charge in [0.15, 0.2) is 5.78 Å². The summed E-state index contributed by atoms with van der Waals surface area (Å²) < 4.78 is 0. The summed E-state index contributed by atoms with van der Waals surface area (Å²) in [5.41, 5.74) is 4.48. The van der Waals surface area contributed by atoms with Crippen LogP contribution in [0.25, 0.3) is 11.1 Å². The van der Waals surface area contributed by atoms with Gasteiger partial charge in [-0.2, -0.15) is 0 Å². The number of carbonyl (C=O) groups excluding carboxylic acids is 1. The molecule has 3 nitrogen and oxygen atoms in total. The minimum Gasteiger partial charge on any atom is -0.481 e. The first-order valence-corrected chi connectivity index (χ1v) is 7.11. The van der Waals surface area contributed by atoms with Gasteiger partial charge in [0, 0.05) is 12.0 Å². The molecular weight excluding hydrogens is 264 g/mol. The number of hydrogen-bond donors (Lipinski definition) is 1. The Hall–Kier alpha value is -2.42. The van der Waals surface area contributed by atoms with Crippen molar-refractivity contribution in [3.8, 4) is 11.1 Å². The number of carboxylic acids is 1. The first-order chi connectivity index (χ1) is 10.1. The number of aliphatic carboxylic acids is 1. The Labute approximate surface area is 123 Å². The standard InChI is InChI=1S/C18H16O3/c19-17-7-3-5-12-8-9-14(10-16(12)17)15-6-2-1-4-13(15)11-18(20)21/h1-2,4,6,8-10H,3,5,7,11H2,(H,20,21). The van der Waals surface area contributed by atoms with E-state index in [-0.39, 0.29) is 12.2 Å². The van der Waals surface area contributed by atoms with E-state index in [0.717, 1.165) is 40.7 Å². The van der Waals surface area contributed by atoms with Gasteiger partial charge in [0.05, 0.1) is 6.42 Å². The second-order valence-electron chi connectivity index (χ2n) is 5.38. The predicted molar refractivity (Wildman–Crippen MR) is 80.5 cm³/mol. The maximum absolute atomic E-state index is 12.0. The second-order valence-corrected chi connectivity index (χ2v) is 5.38. The number of aryl methyl sites for hydroxylation is 1. The van der Waals surface area contributed by atoms with Crippen molar-refractivity contribution in [2.24, 2.45) is 0 Å². The Balaban J connectivity index is 2.07. The maximum Gasteiger partial charge on any atom is 0.307 e. The molecule has 21 heavy (non-hydrogen) atoms. The third-order valence-electron chi connectivity index (χ3n) is 3.93. The molecule has 0 aromatic heterocycles. The van der Waals surface area contributed by atoms with Crippen LogP contribution in [0.3, 0.4) is 0 Å². The van der Waals surface area contributed by atoms with E-state index >= 15 is 0 Å². The molecule has 0 saturated heterocycles. The molecular formula is C18H16O3. The van der Waals surface area contributed by atoms with E-state index in [1.807, 2.05) is 42.5 Å². The van der Waals surface area contributed by atoms with Crippen molar-refractivity contribution >= 4 is 11.8 Å². The van der Waals surface area contributed by atoms with Crippen LogP contribution in [-0.2, 0) is 17.6 Å². The van der Waals surface area contributed by atoms with E-state index in [1.54, 1.807) is 0 Å². The summed E-state index contributed by atoms with van der Waals surface area (Å²) in [5, 5.41) is 9.02. The van der Waals surface area contributed by atoms with Gasteiger partial charge in [0.1, 0.15) is 0 Å². The number of Topliss-reactive ketones (excluding diaryl/α,β-unsaturated/α-hetero) is 1. The topological polar surface area (TPSA) is 54.4 Å². The van der Waals surface area contributed by atoms with Crippen LogP contribution >= 0.6 is 0 Å². The molecule has 0 aliphatic heterocycles. The number of carboxylic acid groups (broad SMARTS) is 1. The van der Waals surface area contributed by atoms with Gasteiger partial charge in [-0.25, -0.2) is 0 Å². The van der Waals surface area contributed by atoms with Crippen LogP contribution in [0.1, 0.15) is 34.3 Å². The molecule has 3 heteroatoms. The highest BCUT2D eigenvalue weighted by Gasteiger charge is 2.18. The lowest BCUT2D eigenvalue weighted by atomic mass is 9.87. The zero-order valence-electron chi connectivity index (χ0n) is 11.6. The second kappa shape index (κ2) is 5.52. The van der Waals surface area contributed by atoms with E-state index in [0.29, 0.717) is 6.42 Å². The molecule has 2 aromatic carbocycles. The third kappa shape index (κ3) is 2.72. The molecule has 0 unspecified atom stereocenters. The van der Waals surface area contributed by atoms with Gasteiger partial charge in [-0.15, -0.1) is 0 Å². The lowest BCUT2D eigenvalue weighted by Gasteiger charge is -2.16. The first-order valence-electron chi connectivity index (χ1n) is 7.11. The molecule has 0 atom stereocenters. The third-order valence-corrected chi connectivity index (χ3v) is 3.93. The summed E-state index contributed by atoms with van der Waals surface area (Å²) in [6.45, 7) is 0. The largest absolute Gasteiger partial charge is 0.481 e. The summed E-state index contributed by atoms with van der Waals surface area (Å²) >= 11 is 0. The molecule has 1 aliphatic rings. The Kier molecular flexibility index (Phi) is 3.57. The van der Waals surface area contributed by atoms with Gasteiger partial charge in [-0.3, -0.25) is 9.59 Å². The molecule has 1 aliphatic carbocycles. The van der Waals surface area contributed by atoms with Crippen molar-refractivity contribution in [2.75, 3.05) is 0 Å². The average Bonchev–Trinajstić information content (AvgIpc) is 2.47. The van der Waals surface area contributed by atoms with Crippen molar-refractivity contribution in [2.45, 2.75) is 25.7 Å². The number of rotatable bonds is 3. The fraction of sp³-hybridized carbons (Fsp3) is 0.222. The Morgan fingerprint density at radius 2 is 1.86 bits per heavy atom. The van der Waals surface area contributed by atoms with Gasteiger partial charge in [-0.05, 0) is 41.2 Å². The lowest BCUT2D eigenvalue weighted by molar-refractivity contribution is -0.136. The van der Waals surface area contributed by atoms with Crippen molar-refractivity contribution < 1.29 is 14.7 Å². The molecule has 0 bridgehead atoms. The van der Waals surface area contributed by atoms with Crippen LogP contribution in [0.15, 0.2) is 42.5 Å². The van der Waals surface area contributed by atoms with Crippen LogP contribution in [-0.4, -0.2) is 16.9 Å². The minimum absolute atomic E-state index is 0.0127. The number of ketones is 1. The molecule has 0 spiro atoms. The molecule has 1 N–H and O–H groups in total. The van der Waals surface area contributed by atoms with Crippen molar-refractivity contribution in [3.05, 3.63) is 59.2 Å². The number of carbonyl (C=O) groups is 2. The van der Waals surface area contributed by atoms with Gasteiger partial charge in [-0.1, -0.05) is 36.4 Å². The zero-order chi connectivity index (χ0) is 14.8. The molecule has 0 heterocycles.